The van der Waals surface area contributed by atoms with Crippen LogP contribution in [0.5, 0.6) is 0 Å². The van der Waals surface area contributed by atoms with Crippen LogP contribution in [0, 0.1) is 0 Å². The minimum absolute atomic E-state index is 0.0580. The highest BCUT2D eigenvalue weighted by molar-refractivity contribution is 5.91. The van der Waals surface area contributed by atoms with Crippen molar-refractivity contribution in [3.05, 3.63) is 42.7 Å². The zero-order chi connectivity index (χ0) is 18.6. The minimum atomic E-state index is -2.78. The van der Waals surface area contributed by atoms with Gasteiger partial charge in [0.1, 0.15) is 5.82 Å². The molecule has 134 valence electrons. The summed E-state index contributed by atoms with van der Waals surface area (Å²) in [5.41, 5.74) is 0.724. The van der Waals surface area contributed by atoms with Crippen LogP contribution in [0.4, 0.5) is 8.78 Å². The number of hydrogen-bond donors (Lipinski definition) is 1. The van der Waals surface area contributed by atoms with Crippen molar-refractivity contribution < 1.29 is 18.4 Å². The van der Waals surface area contributed by atoms with Crippen LogP contribution in [-0.2, 0) is 9.59 Å². The third-order valence-corrected chi connectivity index (χ3v) is 3.79. The van der Waals surface area contributed by atoms with E-state index in [4.69, 9.17) is 0 Å². The fourth-order valence-electron chi connectivity index (χ4n) is 2.57. The van der Waals surface area contributed by atoms with Crippen LogP contribution in [0.3, 0.4) is 0 Å². The van der Waals surface area contributed by atoms with E-state index in [1.54, 1.807) is 38.1 Å². The van der Waals surface area contributed by atoms with Gasteiger partial charge < -0.3 is 10.2 Å². The van der Waals surface area contributed by atoms with Gasteiger partial charge in [-0.3, -0.25) is 14.2 Å². The molecule has 0 spiro atoms. The van der Waals surface area contributed by atoms with Crippen molar-refractivity contribution >= 4 is 22.8 Å². The lowest BCUT2D eigenvalue weighted by molar-refractivity contribution is -0.132. The molecule has 0 bridgehead atoms. The lowest BCUT2D eigenvalue weighted by Gasteiger charge is -2.21. The number of alkyl halides is 2. The van der Waals surface area contributed by atoms with Gasteiger partial charge in [0.05, 0.1) is 23.6 Å². The monoisotopic (exact) mass is 350 g/mol. The molecule has 0 fully saturated rings. The van der Waals surface area contributed by atoms with E-state index in [1.165, 1.54) is 4.90 Å². The molecule has 1 N–H and O–H groups in total. The first kappa shape index (κ1) is 18.6. The molecule has 1 aromatic heterocycles. The van der Waals surface area contributed by atoms with Gasteiger partial charge in [-0.2, -0.15) is 8.78 Å². The van der Waals surface area contributed by atoms with Crippen molar-refractivity contribution in [1.29, 1.82) is 0 Å². The molecule has 0 aliphatic heterocycles. The Labute approximate surface area is 144 Å². The molecule has 6 nitrogen and oxygen atoms in total. The quantitative estimate of drug-likeness (QED) is 0.781. The summed E-state index contributed by atoms with van der Waals surface area (Å²) in [7, 11) is 0. The fraction of sp³-hybridized carbons (Fsp3) is 0.353. The average Bonchev–Trinajstić information content (AvgIpc) is 2.98. The average molecular weight is 350 g/mol. The Hall–Kier alpha value is -2.77. The molecule has 0 saturated heterocycles. The number of likely N-dealkylation sites (N-methyl/N-ethyl adjacent to an activating group) is 1. The summed E-state index contributed by atoms with van der Waals surface area (Å²) in [5.74, 6) is -0.773. The van der Waals surface area contributed by atoms with Crippen molar-refractivity contribution in [2.75, 3.05) is 13.1 Å². The Morgan fingerprint density at radius 2 is 2.08 bits per heavy atom. The summed E-state index contributed by atoms with van der Waals surface area (Å²) >= 11 is 0. The number of imidazole rings is 1. The largest absolute Gasteiger partial charge is 0.345 e. The first-order valence-corrected chi connectivity index (χ1v) is 7.84. The number of nitrogens with one attached hydrogen (secondary N) is 1. The number of carbonyl (C=O) groups excluding carboxylic acids is 2. The Bertz CT molecular complexity index is 788. The van der Waals surface area contributed by atoms with E-state index < -0.39 is 18.5 Å². The normalized spacial score (nSPS) is 12.2. The second-order valence-electron chi connectivity index (χ2n) is 5.45. The molecular weight excluding hydrogens is 330 g/mol. The minimum Gasteiger partial charge on any atom is -0.345 e. The van der Waals surface area contributed by atoms with Gasteiger partial charge in [0, 0.05) is 6.54 Å². The summed E-state index contributed by atoms with van der Waals surface area (Å²) in [4.78, 5) is 29.3. The number of fused-ring (bicyclic) bond motifs is 1. The van der Waals surface area contributed by atoms with E-state index in [2.05, 4.69) is 16.9 Å². The van der Waals surface area contributed by atoms with Crippen LogP contribution < -0.4 is 5.32 Å². The van der Waals surface area contributed by atoms with Crippen LogP contribution >= 0.6 is 0 Å². The highest BCUT2D eigenvalue weighted by Gasteiger charge is 2.23. The SMILES string of the molecule is C=CC(=O)N(CC)CC(=O)NC(C)c1nc2ccccc2n1C(F)F. The number of halogens is 2. The predicted octanol–water partition coefficient (Wildman–Crippen LogP) is 2.64. The van der Waals surface area contributed by atoms with Crippen molar-refractivity contribution in [3.8, 4) is 0 Å². The highest BCUT2D eigenvalue weighted by Crippen LogP contribution is 2.26. The molecular formula is C17H20F2N4O2. The molecule has 1 aromatic carbocycles. The molecule has 0 aliphatic carbocycles. The first-order chi connectivity index (χ1) is 11.9. The van der Waals surface area contributed by atoms with Crippen LogP contribution in [0.2, 0.25) is 0 Å². The lowest BCUT2D eigenvalue weighted by atomic mass is 10.3. The molecule has 1 atom stereocenters. The van der Waals surface area contributed by atoms with Crippen LogP contribution in [-0.4, -0.2) is 39.4 Å². The van der Waals surface area contributed by atoms with Gasteiger partial charge in [0.25, 0.3) is 0 Å². The fourth-order valence-corrected chi connectivity index (χ4v) is 2.57. The molecule has 1 unspecified atom stereocenters. The topological polar surface area (TPSA) is 67.2 Å². The highest BCUT2D eigenvalue weighted by atomic mass is 19.3. The van der Waals surface area contributed by atoms with Gasteiger partial charge >= 0.3 is 6.55 Å². The summed E-state index contributed by atoms with van der Waals surface area (Å²) in [6.07, 6.45) is 1.12. The van der Waals surface area contributed by atoms with Gasteiger partial charge in [0.15, 0.2) is 0 Å². The Morgan fingerprint density at radius 3 is 2.68 bits per heavy atom. The Kier molecular flexibility index (Phi) is 5.84. The van der Waals surface area contributed by atoms with Gasteiger partial charge in [-0.25, -0.2) is 4.98 Å². The molecule has 8 heteroatoms. The maximum absolute atomic E-state index is 13.5. The van der Waals surface area contributed by atoms with Gasteiger partial charge in [-0.05, 0) is 32.1 Å². The number of rotatable bonds is 7. The number of hydrogen-bond acceptors (Lipinski definition) is 3. The number of amides is 2. The molecule has 2 rings (SSSR count). The third kappa shape index (κ3) is 4.01. The lowest BCUT2D eigenvalue weighted by Crippen LogP contribution is -2.41. The van der Waals surface area contributed by atoms with E-state index >= 15 is 0 Å². The van der Waals surface area contributed by atoms with E-state index in [1.807, 2.05) is 0 Å². The smallest absolute Gasteiger partial charge is 0.320 e. The number of carbonyl (C=O) groups is 2. The molecule has 0 aliphatic rings. The Balaban J connectivity index is 2.20. The second-order valence-corrected chi connectivity index (χ2v) is 5.45. The van der Waals surface area contributed by atoms with Gasteiger partial charge in [-0.15, -0.1) is 0 Å². The van der Waals surface area contributed by atoms with Crippen molar-refractivity contribution in [2.45, 2.75) is 26.4 Å². The van der Waals surface area contributed by atoms with Crippen molar-refractivity contribution in [1.82, 2.24) is 19.8 Å². The van der Waals surface area contributed by atoms with Crippen molar-refractivity contribution in [2.24, 2.45) is 0 Å². The maximum Gasteiger partial charge on any atom is 0.320 e. The van der Waals surface area contributed by atoms with Crippen molar-refractivity contribution in [3.63, 3.8) is 0 Å². The molecule has 0 saturated carbocycles. The summed E-state index contributed by atoms with van der Waals surface area (Å²) in [6, 6.07) is 5.79. The summed E-state index contributed by atoms with van der Waals surface area (Å²) < 4.78 is 27.7. The van der Waals surface area contributed by atoms with E-state index in [0.29, 0.717) is 17.6 Å². The summed E-state index contributed by atoms with van der Waals surface area (Å²) in [5, 5.41) is 2.61. The Morgan fingerprint density at radius 1 is 1.40 bits per heavy atom. The first-order valence-electron chi connectivity index (χ1n) is 7.84. The van der Waals surface area contributed by atoms with Gasteiger partial charge in [-0.1, -0.05) is 18.7 Å². The van der Waals surface area contributed by atoms with E-state index in [-0.39, 0.29) is 18.3 Å². The predicted molar refractivity (Wildman–Crippen MR) is 90.0 cm³/mol. The molecule has 2 aromatic rings. The standard InChI is InChI=1S/C17H20F2N4O2/c1-4-15(25)22(5-2)10-14(24)20-11(3)16-21-12-8-6-7-9-13(12)23(16)17(18)19/h4,6-9,11,17H,1,5,10H2,2-3H3,(H,20,24). The zero-order valence-corrected chi connectivity index (χ0v) is 14.1. The van der Waals surface area contributed by atoms with E-state index in [9.17, 15) is 18.4 Å². The number of para-hydroxylation sites is 2. The van der Waals surface area contributed by atoms with Crippen LogP contribution in [0.15, 0.2) is 36.9 Å². The molecule has 0 radical (unpaired) electrons. The third-order valence-electron chi connectivity index (χ3n) is 3.79. The number of benzene rings is 1. The van der Waals surface area contributed by atoms with Crippen LogP contribution in [0.1, 0.15) is 32.3 Å². The molecule has 1 heterocycles. The van der Waals surface area contributed by atoms with Crippen LogP contribution in [0.25, 0.3) is 11.0 Å². The summed E-state index contributed by atoms with van der Waals surface area (Å²) in [6.45, 7) is 4.06. The van der Waals surface area contributed by atoms with E-state index in [0.717, 1.165) is 10.6 Å². The molecule has 2 amide bonds. The number of aromatic nitrogens is 2. The van der Waals surface area contributed by atoms with Gasteiger partial charge in [0.2, 0.25) is 11.8 Å². The molecule has 25 heavy (non-hydrogen) atoms. The second kappa shape index (κ2) is 7.87. The maximum atomic E-state index is 13.5. The number of nitrogens with zero attached hydrogens (tertiary/aromatic N) is 3. The zero-order valence-electron chi connectivity index (χ0n) is 14.1.